The van der Waals surface area contributed by atoms with E-state index >= 15 is 0 Å². The average Bonchev–Trinajstić information content (AvgIpc) is 2.72. The number of ether oxygens (including phenoxy) is 1. The summed E-state index contributed by atoms with van der Waals surface area (Å²) in [5, 5.41) is 7.32. The van der Waals surface area contributed by atoms with Crippen LogP contribution in [0.1, 0.15) is 66.7 Å². The van der Waals surface area contributed by atoms with Gasteiger partial charge in [0.25, 0.3) is 0 Å². The van der Waals surface area contributed by atoms with Crippen LogP contribution in [0.4, 0.5) is 0 Å². The van der Waals surface area contributed by atoms with Crippen LogP contribution in [0, 0.1) is 10.8 Å². The van der Waals surface area contributed by atoms with E-state index in [0.29, 0.717) is 19.4 Å². The second-order valence-electron chi connectivity index (χ2n) is 9.67. The molecule has 5 N–H and O–H groups in total. The Morgan fingerprint density at radius 3 is 2.61 bits per heavy atom. The second-order valence-corrected chi connectivity index (χ2v) is 9.67. The molecule has 0 saturated carbocycles. The number of carbonyl (C=O) groups excluding carboxylic acids is 1. The number of guanidine groups is 1. The molecule has 0 spiro atoms. The lowest BCUT2D eigenvalue weighted by Gasteiger charge is -2.32. The van der Waals surface area contributed by atoms with Gasteiger partial charge < -0.3 is 21.1 Å². The van der Waals surface area contributed by atoms with Crippen molar-refractivity contribution in [3.05, 3.63) is 58.7 Å². The van der Waals surface area contributed by atoms with Crippen molar-refractivity contribution >= 4 is 11.9 Å². The molecule has 0 aromatic carbocycles. The maximum Gasteiger partial charge on any atom is 0.323 e. The number of esters is 1. The molecule has 6 heteroatoms. The van der Waals surface area contributed by atoms with Crippen LogP contribution >= 0.6 is 0 Å². The highest BCUT2D eigenvalue weighted by Gasteiger charge is 2.26. The lowest BCUT2D eigenvalue weighted by atomic mass is 9.72. The van der Waals surface area contributed by atoms with E-state index in [2.05, 4.69) is 45.9 Å². The molecular weight excluding hydrogens is 412 g/mol. The van der Waals surface area contributed by atoms with E-state index in [-0.39, 0.29) is 18.0 Å². The van der Waals surface area contributed by atoms with E-state index in [0.717, 1.165) is 5.57 Å². The summed E-state index contributed by atoms with van der Waals surface area (Å²) in [5.74, 6) is -0.411. The number of carbonyl (C=O) groups is 1. The topological polar surface area (TPSA) is 105 Å². The van der Waals surface area contributed by atoms with Crippen molar-refractivity contribution in [1.82, 2.24) is 4.90 Å². The van der Waals surface area contributed by atoms with Crippen LogP contribution in [0.3, 0.4) is 0 Å². The molecule has 184 valence electrons. The molecule has 33 heavy (non-hydrogen) atoms. The van der Waals surface area contributed by atoms with E-state index in [1.54, 1.807) is 11.9 Å². The highest BCUT2D eigenvalue weighted by molar-refractivity contribution is 5.75. The summed E-state index contributed by atoms with van der Waals surface area (Å²) >= 11 is 0. The molecule has 1 rings (SSSR count). The Bertz CT molecular complexity index is 831. The molecule has 6 nitrogen and oxygen atoms in total. The van der Waals surface area contributed by atoms with Crippen molar-refractivity contribution in [3.63, 3.8) is 0 Å². The van der Waals surface area contributed by atoms with E-state index in [1.807, 2.05) is 25.2 Å². The van der Waals surface area contributed by atoms with Crippen molar-refractivity contribution in [3.8, 4) is 0 Å². The summed E-state index contributed by atoms with van der Waals surface area (Å²) in [7, 11) is 1.73. The summed E-state index contributed by atoms with van der Waals surface area (Å²) in [6.07, 6.45) is 17.3. The van der Waals surface area contributed by atoms with Gasteiger partial charge in [0.2, 0.25) is 0 Å². The number of hydrogen-bond acceptors (Lipinski definition) is 4. The minimum Gasteiger partial charge on any atom is -0.460 e. The zero-order valence-corrected chi connectivity index (χ0v) is 21.4. The van der Waals surface area contributed by atoms with Crippen LogP contribution < -0.4 is 11.5 Å². The van der Waals surface area contributed by atoms with Gasteiger partial charge in [-0.05, 0) is 69.9 Å². The monoisotopic (exact) mass is 456 g/mol. The summed E-state index contributed by atoms with van der Waals surface area (Å²) in [4.78, 5) is 13.6. The van der Waals surface area contributed by atoms with Crippen molar-refractivity contribution in [2.45, 2.75) is 72.8 Å². The molecule has 0 bridgehead atoms. The standard InChI is InChI=1S/C27H44N4O2/c1-20(14-15-23-22(3)12-8-17-27(23,4)5)10-7-11-21(2)16-19-33-25(32)24(28)13-9-18-31(6)26(29)30/h7,10-11,14-16,24H,8-9,12-13,17-19,28H2,1-6H3,(H3,29,30)/b11-7+,15-14+,20-10+,21-16+/t24-/m1/s1. The van der Waals surface area contributed by atoms with Gasteiger partial charge in [-0.3, -0.25) is 10.2 Å². The van der Waals surface area contributed by atoms with Crippen molar-refractivity contribution in [2.75, 3.05) is 20.2 Å². The van der Waals surface area contributed by atoms with Gasteiger partial charge in [0.15, 0.2) is 5.96 Å². The molecule has 0 saturated heterocycles. The highest BCUT2D eigenvalue weighted by Crippen LogP contribution is 2.40. The zero-order chi connectivity index (χ0) is 25.0. The maximum absolute atomic E-state index is 12.0. The minimum absolute atomic E-state index is 0.00142. The molecule has 0 unspecified atom stereocenters. The molecule has 0 aliphatic heterocycles. The number of nitrogens with one attached hydrogen (secondary N) is 1. The molecule has 1 atom stereocenters. The summed E-state index contributed by atoms with van der Waals surface area (Å²) in [6.45, 7) is 11.8. The Hall–Kier alpha value is -2.60. The first-order chi connectivity index (χ1) is 15.4. The molecule has 0 fully saturated rings. The van der Waals surface area contributed by atoms with Gasteiger partial charge in [0.1, 0.15) is 12.6 Å². The summed E-state index contributed by atoms with van der Waals surface area (Å²) in [6, 6.07) is -0.667. The molecule has 1 aliphatic rings. The summed E-state index contributed by atoms with van der Waals surface area (Å²) in [5.41, 5.74) is 16.7. The Balaban J connectivity index is 2.47. The van der Waals surface area contributed by atoms with Gasteiger partial charge in [-0.1, -0.05) is 60.9 Å². The van der Waals surface area contributed by atoms with Crippen molar-refractivity contribution in [2.24, 2.45) is 16.9 Å². The minimum atomic E-state index is -0.667. The van der Waals surface area contributed by atoms with Crippen molar-refractivity contribution in [1.29, 1.82) is 5.41 Å². The first-order valence-corrected chi connectivity index (χ1v) is 11.8. The van der Waals surface area contributed by atoms with Gasteiger partial charge in [-0.25, -0.2) is 0 Å². The van der Waals surface area contributed by atoms with Gasteiger partial charge >= 0.3 is 5.97 Å². The van der Waals surface area contributed by atoms with E-state index in [9.17, 15) is 4.79 Å². The van der Waals surface area contributed by atoms with Gasteiger partial charge in [0.05, 0.1) is 0 Å². The normalized spacial score (nSPS) is 18.2. The van der Waals surface area contributed by atoms with Gasteiger partial charge in [0, 0.05) is 13.6 Å². The molecule has 0 heterocycles. The molecular formula is C27H44N4O2. The van der Waals surface area contributed by atoms with Crippen LogP contribution in [0.25, 0.3) is 0 Å². The Morgan fingerprint density at radius 1 is 1.27 bits per heavy atom. The van der Waals surface area contributed by atoms with Gasteiger partial charge in [-0.2, -0.15) is 0 Å². The fourth-order valence-corrected chi connectivity index (χ4v) is 3.85. The molecule has 0 amide bonds. The molecule has 0 aromatic rings. The average molecular weight is 457 g/mol. The quantitative estimate of drug-likeness (QED) is 0.176. The lowest BCUT2D eigenvalue weighted by Crippen LogP contribution is -2.36. The fraction of sp³-hybridized carbons (Fsp3) is 0.556. The molecule has 1 aliphatic carbocycles. The molecule has 0 aromatic heterocycles. The predicted molar refractivity (Wildman–Crippen MR) is 139 cm³/mol. The Labute approximate surface area is 200 Å². The number of nitrogens with zero attached hydrogens (tertiary/aromatic N) is 1. The van der Waals surface area contributed by atoms with Crippen LogP contribution in [-0.4, -0.2) is 43.1 Å². The first kappa shape index (κ1) is 28.4. The Morgan fingerprint density at radius 2 is 1.97 bits per heavy atom. The van der Waals surface area contributed by atoms with Crippen LogP contribution in [0.15, 0.2) is 58.7 Å². The maximum atomic E-state index is 12.0. The fourth-order valence-electron chi connectivity index (χ4n) is 3.85. The number of hydrogen-bond donors (Lipinski definition) is 3. The number of allylic oxidation sites excluding steroid dienone is 9. The largest absolute Gasteiger partial charge is 0.460 e. The third-order valence-corrected chi connectivity index (χ3v) is 6.13. The van der Waals surface area contributed by atoms with E-state index in [4.69, 9.17) is 21.6 Å². The smallest absolute Gasteiger partial charge is 0.323 e. The van der Waals surface area contributed by atoms with Gasteiger partial charge in [-0.15, -0.1) is 0 Å². The summed E-state index contributed by atoms with van der Waals surface area (Å²) < 4.78 is 5.26. The van der Waals surface area contributed by atoms with E-state index < -0.39 is 12.0 Å². The van der Waals surface area contributed by atoms with E-state index in [1.165, 1.54) is 36.0 Å². The SMILES string of the molecule is CC1=C(/C=C/C(C)=C/C=C/C(C)=C/COC(=O)[C@H](N)CCCN(C)C(=N)N)C(C)(C)CCC1. The lowest BCUT2D eigenvalue weighted by molar-refractivity contribution is -0.144. The number of rotatable bonds is 11. The third-order valence-electron chi connectivity index (χ3n) is 6.13. The van der Waals surface area contributed by atoms with Crippen molar-refractivity contribution < 1.29 is 9.53 Å². The predicted octanol–water partition coefficient (Wildman–Crippen LogP) is 4.99. The highest BCUT2D eigenvalue weighted by atomic mass is 16.5. The third kappa shape index (κ3) is 10.7. The molecule has 0 radical (unpaired) electrons. The van der Waals surface area contributed by atoms with Crippen LogP contribution in [-0.2, 0) is 9.53 Å². The number of nitrogens with two attached hydrogens (primary N) is 2. The zero-order valence-electron chi connectivity index (χ0n) is 21.4. The van der Waals surface area contributed by atoms with Crippen LogP contribution in [0.5, 0.6) is 0 Å². The Kier molecular flexibility index (Phi) is 11.9. The second kappa shape index (κ2) is 13.8. The van der Waals surface area contributed by atoms with Crippen LogP contribution in [0.2, 0.25) is 0 Å². The first-order valence-electron chi connectivity index (χ1n) is 11.8.